The second kappa shape index (κ2) is 9.89. The summed E-state index contributed by atoms with van der Waals surface area (Å²) in [6.45, 7) is 7.87. The molecule has 1 N–H and O–H groups in total. The van der Waals surface area contributed by atoms with Gasteiger partial charge in [-0.25, -0.2) is 4.39 Å². The molecule has 0 aromatic heterocycles. The molecule has 1 fully saturated rings. The molecule has 1 amide bonds. The van der Waals surface area contributed by atoms with Gasteiger partial charge >= 0.3 is 0 Å². The van der Waals surface area contributed by atoms with Gasteiger partial charge in [-0.3, -0.25) is 9.69 Å². The molecule has 0 aliphatic carbocycles. The van der Waals surface area contributed by atoms with Gasteiger partial charge in [0.05, 0.1) is 5.56 Å². The number of halogens is 2. The molecule has 0 bridgehead atoms. The molecule has 150 valence electrons. The fourth-order valence-corrected chi connectivity index (χ4v) is 3.64. The molecule has 1 saturated heterocycles. The lowest BCUT2D eigenvalue weighted by molar-refractivity contribution is 0.0948. The average Bonchev–Trinajstić information content (AvgIpc) is 2.68. The quantitative estimate of drug-likeness (QED) is 0.706. The molecule has 1 heterocycles. The van der Waals surface area contributed by atoms with Crippen LogP contribution in [0, 0.1) is 12.7 Å². The van der Waals surface area contributed by atoms with Crippen LogP contribution in [-0.2, 0) is 0 Å². The summed E-state index contributed by atoms with van der Waals surface area (Å²) >= 11 is 5.71. The van der Waals surface area contributed by atoms with Crippen molar-refractivity contribution in [3.05, 3.63) is 64.4 Å². The molecule has 0 radical (unpaired) electrons. The summed E-state index contributed by atoms with van der Waals surface area (Å²) in [6.07, 6.45) is 1.88. The highest BCUT2D eigenvalue weighted by Gasteiger charge is 2.17. The number of benzene rings is 2. The van der Waals surface area contributed by atoms with Crippen LogP contribution in [0.15, 0.2) is 42.5 Å². The minimum absolute atomic E-state index is 0.0386. The Bertz CT molecular complexity index is 806. The fourth-order valence-electron chi connectivity index (χ4n) is 3.49. The molecule has 0 atom stereocenters. The van der Waals surface area contributed by atoms with Crippen LogP contribution in [0.5, 0.6) is 0 Å². The van der Waals surface area contributed by atoms with E-state index in [1.807, 2.05) is 0 Å². The molecular formula is C22H27ClFN3O. The van der Waals surface area contributed by atoms with E-state index in [1.54, 1.807) is 0 Å². The van der Waals surface area contributed by atoms with Crippen molar-refractivity contribution in [1.82, 2.24) is 10.2 Å². The van der Waals surface area contributed by atoms with E-state index in [0.29, 0.717) is 6.54 Å². The van der Waals surface area contributed by atoms with E-state index in [9.17, 15) is 9.18 Å². The maximum Gasteiger partial charge on any atom is 0.254 e. The van der Waals surface area contributed by atoms with E-state index in [-0.39, 0.29) is 16.5 Å². The molecule has 6 heteroatoms. The van der Waals surface area contributed by atoms with Gasteiger partial charge in [-0.1, -0.05) is 23.7 Å². The zero-order valence-corrected chi connectivity index (χ0v) is 17.0. The first kappa shape index (κ1) is 20.6. The molecule has 2 aromatic carbocycles. The summed E-state index contributed by atoms with van der Waals surface area (Å²) in [5.41, 5.74) is 2.63. The molecule has 1 aliphatic heterocycles. The Balaban J connectivity index is 1.32. The Morgan fingerprint density at radius 1 is 1.11 bits per heavy atom. The lowest BCUT2D eigenvalue weighted by atomic mass is 10.2. The van der Waals surface area contributed by atoms with Gasteiger partial charge in [0.15, 0.2) is 0 Å². The lowest BCUT2D eigenvalue weighted by Gasteiger charge is -2.36. The number of unbranched alkanes of at least 4 members (excludes halogenated alkanes) is 1. The summed E-state index contributed by atoms with van der Waals surface area (Å²) in [7, 11) is 0. The Labute approximate surface area is 171 Å². The third kappa shape index (κ3) is 5.69. The van der Waals surface area contributed by atoms with Crippen molar-refractivity contribution in [1.29, 1.82) is 0 Å². The van der Waals surface area contributed by atoms with E-state index < -0.39 is 5.82 Å². The van der Waals surface area contributed by atoms with Gasteiger partial charge in [-0.15, -0.1) is 0 Å². The first-order valence-electron chi connectivity index (χ1n) is 9.80. The first-order chi connectivity index (χ1) is 13.5. The number of nitrogens with one attached hydrogen (secondary N) is 1. The number of rotatable bonds is 7. The van der Waals surface area contributed by atoms with Gasteiger partial charge < -0.3 is 10.2 Å². The summed E-state index contributed by atoms with van der Waals surface area (Å²) < 4.78 is 13.7. The molecule has 2 aromatic rings. The van der Waals surface area contributed by atoms with Crippen LogP contribution >= 0.6 is 11.6 Å². The van der Waals surface area contributed by atoms with Gasteiger partial charge in [-0.2, -0.15) is 0 Å². The smallest absolute Gasteiger partial charge is 0.254 e. The van der Waals surface area contributed by atoms with E-state index >= 15 is 0 Å². The highest BCUT2D eigenvalue weighted by molar-refractivity contribution is 6.30. The number of hydrogen-bond acceptors (Lipinski definition) is 3. The van der Waals surface area contributed by atoms with Crippen molar-refractivity contribution in [3.63, 3.8) is 0 Å². The summed E-state index contributed by atoms with van der Waals surface area (Å²) in [5, 5.41) is 3.07. The third-order valence-electron chi connectivity index (χ3n) is 5.10. The van der Waals surface area contributed by atoms with Gasteiger partial charge in [0.1, 0.15) is 5.82 Å². The van der Waals surface area contributed by atoms with Crippen molar-refractivity contribution in [3.8, 4) is 0 Å². The minimum atomic E-state index is -0.587. The fraction of sp³-hybridized carbons (Fsp3) is 0.409. The predicted octanol–water partition coefficient (Wildman–Crippen LogP) is 4.12. The molecule has 0 unspecified atom stereocenters. The van der Waals surface area contributed by atoms with Crippen LogP contribution < -0.4 is 10.2 Å². The third-order valence-corrected chi connectivity index (χ3v) is 5.34. The second-order valence-corrected chi connectivity index (χ2v) is 7.69. The SMILES string of the molecule is Cc1cccc(N2CCN(CCCCNC(=O)c3ccc(Cl)cc3F)CC2)c1. The van der Waals surface area contributed by atoms with Crippen LogP contribution in [0.2, 0.25) is 5.02 Å². The number of piperazine rings is 1. The monoisotopic (exact) mass is 403 g/mol. The predicted molar refractivity (Wildman–Crippen MR) is 113 cm³/mol. The Morgan fingerprint density at radius 3 is 2.61 bits per heavy atom. The van der Waals surface area contributed by atoms with Crippen molar-refractivity contribution in [2.75, 3.05) is 44.2 Å². The van der Waals surface area contributed by atoms with Gasteiger partial charge in [-0.05, 0) is 62.2 Å². The maximum absolute atomic E-state index is 13.7. The molecule has 0 spiro atoms. The van der Waals surface area contributed by atoms with E-state index in [4.69, 9.17) is 11.6 Å². The van der Waals surface area contributed by atoms with Gasteiger partial charge in [0.2, 0.25) is 0 Å². The number of carbonyl (C=O) groups excluding carboxylic acids is 1. The average molecular weight is 404 g/mol. The number of anilines is 1. The van der Waals surface area contributed by atoms with Crippen LogP contribution in [0.3, 0.4) is 0 Å². The van der Waals surface area contributed by atoms with E-state index in [2.05, 4.69) is 46.3 Å². The summed E-state index contributed by atoms with van der Waals surface area (Å²) in [5.74, 6) is -0.975. The van der Waals surface area contributed by atoms with Crippen LogP contribution in [0.1, 0.15) is 28.8 Å². The zero-order chi connectivity index (χ0) is 19.9. The number of nitrogens with zero attached hydrogens (tertiary/aromatic N) is 2. The van der Waals surface area contributed by atoms with Crippen LogP contribution in [0.4, 0.5) is 10.1 Å². The highest BCUT2D eigenvalue weighted by atomic mass is 35.5. The Hall–Kier alpha value is -2.11. The molecular weight excluding hydrogens is 377 g/mol. The topological polar surface area (TPSA) is 35.6 Å². The summed E-state index contributed by atoms with van der Waals surface area (Å²) in [6, 6.07) is 12.8. The standard InChI is InChI=1S/C22H27ClFN3O/c1-17-5-4-6-19(15-17)27-13-11-26(12-14-27)10-3-2-9-25-22(28)20-8-7-18(23)16-21(20)24/h4-8,15-16H,2-3,9-14H2,1H3,(H,25,28). The first-order valence-corrected chi connectivity index (χ1v) is 10.2. The maximum atomic E-state index is 13.7. The molecule has 28 heavy (non-hydrogen) atoms. The van der Waals surface area contributed by atoms with Gasteiger partial charge in [0, 0.05) is 43.4 Å². The van der Waals surface area contributed by atoms with Crippen molar-refractivity contribution in [2.45, 2.75) is 19.8 Å². The van der Waals surface area contributed by atoms with Crippen LogP contribution in [-0.4, -0.2) is 50.1 Å². The molecule has 4 nitrogen and oxygen atoms in total. The number of carbonyl (C=O) groups is 1. The molecule has 0 saturated carbocycles. The normalized spacial score (nSPS) is 14.9. The van der Waals surface area contributed by atoms with E-state index in [0.717, 1.165) is 51.6 Å². The largest absolute Gasteiger partial charge is 0.369 e. The minimum Gasteiger partial charge on any atom is -0.369 e. The zero-order valence-electron chi connectivity index (χ0n) is 16.3. The van der Waals surface area contributed by atoms with Gasteiger partial charge in [0.25, 0.3) is 5.91 Å². The van der Waals surface area contributed by atoms with E-state index in [1.165, 1.54) is 23.4 Å². The number of hydrogen-bond donors (Lipinski definition) is 1. The van der Waals surface area contributed by atoms with Crippen molar-refractivity contribution >= 4 is 23.2 Å². The molecule has 1 aliphatic rings. The lowest BCUT2D eigenvalue weighted by Crippen LogP contribution is -2.46. The summed E-state index contributed by atoms with van der Waals surface area (Å²) in [4.78, 5) is 16.9. The van der Waals surface area contributed by atoms with Crippen molar-refractivity contribution in [2.24, 2.45) is 0 Å². The highest BCUT2D eigenvalue weighted by Crippen LogP contribution is 2.18. The Kier molecular flexibility index (Phi) is 7.29. The van der Waals surface area contributed by atoms with Crippen LogP contribution in [0.25, 0.3) is 0 Å². The number of amides is 1. The molecule has 3 rings (SSSR count). The Morgan fingerprint density at radius 2 is 1.89 bits per heavy atom. The number of aryl methyl sites for hydroxylation is 1. The second-order valence-electron chi connectivity index (χ2n) is 7.25. The van der Waals surface area contributed by atoms with Crippen molar-refractivity contribution < 1.29 is 9.18 Å².